The Morgan fingerprint density at radius 2 is 1.79 bits per heavy atom. The number of rotatable bonds is 8. The van der Waals surface area contributed by atoms with Gasteiger partial charge in [0.1, 0.15) is 11.1 Å². The Bertz CT molecular complexity index is 974. The first-order chi connectivity index (χ1) is 13.8. The van der Waals surface area contributed by atoms with Gasteiger partial charge in [-0.2, -0.15) is 0 Å². The zero-order valence-electron chi connectivity index (χ0n) is 15.0. The first-order valence-electron chi connectivity index (χ1n) is 8.61. The van der Waals surface area contributed by atoms with Crippen LogP contribution in [0, 0.1) is 10.1 Å². The predicted molar refractivity (Wildman–Crippen MR) is 103 cm³/mol. The maximum absolute atomic E-state index is 12.3. The number of nitrogens with zero attached hydrogens (tertiary/aromatic N) is 2. The molecule has 1 atom stereocenters. The molecule has 9 nitrogen and oxygen atoms in total. The van der Waals surface area contributed by atoms with Gasteiger partial charge < -0.3 is 10.5 Å². The minimum atomic E-state index is -1.33. The van der Waals surface area contributed by atoms with Gasteiger partial charge in [0.25, 0.3) is 17.5 Å². The van der Waals surface area contributed by atoms with Gasteiger partial charge in [0.05, 0.1) is 34.3 Å². The summed E-state index contributed by atoms with van der Waals surface area (Å²) in [5.74, 6) is -1.42. The summed E-state index contributed by atoms with van der Waals surface area (Å²) < 4.78 is 5.49. The molecule has 3 rings (SSSR count). The van der Waals surface area contributed by atoms with Crippen LogP contribution in [0.4, 0.5) is 5.69 Å². The van der Waals surface area contributed by atoms with E-state index in [1.807, 2.05) is 0 Å². The van der Waals surface area contributed by atoms with Gasteiger partial charge in [-0.05, 0) is 30.7 Å². The largest absolute Gasteiger partial charge is 0.493 e. The quantitative estimate of drug-likeness (QED) is 0.230. The van der Waals surface area contributed by atoms with Crippen LogP contribution in [-0.2, 0) is 4.79 Å². The van der Waals surface area contributed by atoms with Gasteiger partial charge in [-0.1, -0.05) is 12.1 Å². The van der Waals surface area contributed by atoms with Crippen molar-refractivity contribution in [1.82, 2.24) is 4.90 Å². The summed E-state index contributed by atoms with van der Waals surface area (Å²) in [5.41, 5.74) is 5.43. The number of nitro groups is 1. The van der Waals surface area contributed by atoms with E-state index in [9.17, 15) is 24.5 Å². The number of hydrogen-bond acceptors (Lipinski definition) is 6. The van der Waals surface area contributed by atoms with Gasteiger partial charge in [-0.25, -0.2) is 0 Å². The monoisotopic (exact) mass is 417 g/mol. The van der Waals surface area contributed by atoms with E-state index in [0.29, 0.717) is 17.5 Å². The van der Waals surface area contributed by atoms with Crippen molar-refractivity contribution in [1.29, 1.82) is 0 Å². The minimum absolute atomic E-state index is 0.0254. The number of ether oxygens (including phenoxy) is 1. The second kappa shape index (κ2) is 8.27. The normalized spacial score (nSPS) is 13.9. The molecule has 1 aliphatic heterocycles. The molecule has 0 spiro atoms. The van der Waals surface area contributed by atoms with Crippen LogP contribution in [0.2, 0.25) is 0 Å². The van der Waals surface area contributed by atoms with Crippen LogP contribution in [0.1, 0.15) is 38.1 Å². The zero-order chi connectivity index (χ0) is 21.1. The molecule has 0 bridgehead atoms. The highest BCUT2D eigenvalue weighted by Crippen LogP contribution is 2.32. The van der Waals surface area contributed by atoms with Crippen LogP contribution < -0.4 is 10.5 Å². The Hall–Kier alpha value is -3.46. The topological polar surface area (TPSA) is 133 Å². The molecule has 0 aromatic heterocycles. The molecule has 2 aromatic rings. The standard InChI is InChI=1S/C19H16ClN3O6/c20-16(17(21)24)14-7-6-11(10-15(14)23(27)28)29-9-3-8-22-18(25)12-4-1-2-5-13(12)19(22)26/h1-2,4-7,10,16H,3,8-9H2,(H2,21,24). The SMILES string of the molecule is NC(=O)C(Cl)c1ccc(OCCCN2C(=O)c3ccccc3C2=O)cc1[N+](=O)[O-]. The molecule has 0 saturated carbocycles. The van der Waals surface area contributed by atoms with Gasteiger partial charge in [-0.3, -0.25) is 29.4 Å². The van der Waals surface area contributed by atoms with Crippen molar-refractivity contribution in [3.05, 3.63) is 69.3 Å². The maximum Gasteiger partial charge on any atom is 0.278 e. The van der Waals surface area contributed by atoms with E-state index >= 15 is 0 Å². The highest BCUT2D eigenvalue weighted by molar-refractivity contribution is 6.30. The predicted octanol–water partition coefficient (Wildman–Crippen LogP) is 2.43. The van der Waals surface area contributed by atoms with Crippen molar-refractivity contribution in [2.24, 2.45) is 5.73 Å². The van der Waals surface area contributed by atoms with Crippen LogP contribution in [0.5, 0.6) is 5.75 Å². The van der Waals surface area contributed by atoms with Gasteiger partial charge in [0.15, 0.2) is 0 Å². The lowest BCUT2D eigenvalue weighted by atomic mass is 10.1. The van der Waals surface area contributed by atoms with Gasteiger partial charge in [0, 0.05) is 6.54 Å². The molecular weight excluding hydrogens is 402 g/mol. The van der Waals surface area contributed by atoms with E-state index < -0.39 is 16.2 Å². The molecule has 2 aromatic carbocycles. The number of primary amides is 1. The third kappa shape index (κ3) is 4.04. The van der Waals surface area contributed by atoms with E-state index in [-0.39, 0.29) is 42.0 Å². The summed E-state index contributed by atoms with van der Waals surface area (Å²) in [6.45, 7) is 0.266. The number of imide groups is 1. The summed E-state index contributed by atoms with van der Waals surface area (Å²) >= 11 is 5.82. The molecule has 1 aliphatic rings. The van der Waals surface area contributed by atoms with Crippen molar-refractivity contribution in [3.8, 4) is 5.75 Å². The number of benzene rings is 2. The van der Waals surface area contributed by atoms with Crippen LogP contribution in [0.15, 0.2) is 42.5 Å². The second-order valence-corrected chi connectivity index (χ2v) is 6.69. The first-order valence-corrected chi connectivity index (χ1v) is 9.04. The molecule has 1 heterocycles. The zero-order valence-corrected chi connectivity index (χ0v) is 15.8. The molecule has 1 unspecified atom stereocenters. The number of carbonyl (C=O) groups excluding carboxylic acids is 3. The van der Waals surface area contributed by atoms with Crippen molar-refractivity contribution in [2.75, 3.05) is 13.2 Å². The Morgan fingerprint density at radius 3 is 2.34 bits per heavy atom. The fourth-order valence-corrected chi connectivity index (χ4v) is 3.18. The number of alkyl halides is 1. The van der Waals surface area contributed by atoms with Crippen molar-refractivity contribution in [2.45, 2.75) is 11.8 Å². The Kier molecular flexibility index (Phi) is 5.79. The fraction of sp³-hybridized carbons (Fsp3) is 0.211. The third-order valence-corrected chi connectivity index (χ3v) is 4.84. The van der Waals surface area contributed by atoms with E-state index in [2.05, 4.69) is 0 Å². The van der Waals surface area contributed by atoms with Gasteiger partial charge >= 0.3 is 0 Å². The molecule has 2 N–H and O–H groups in total. The third-order valence-electron chi connectivity index (χ3n) is 4.39. The lowest BCUT2D eigenvalue weighted by Crippen LogP contribution is -2.31. The molecule has 10 heteroatoms. The molecule has 0 fully saturated rings. The average Bonchev–Trinajstić information content (AvgIpc) is 2.95. The number of nitro benzene ring substituents is 1. The lowest BCUT2D eigenvalue weighted by Gasteiger charge is -2.14. The lowest BCUT2D eigenvalue weighted by molar-refractivity contribution is -0.385. The molecular formula is C19H16ClN3O6. The molecule has 0 aliphatic carbocycles. The molecule has 0 radical (unpaired) electrons. The minimum Gasteiger partial charge on any atom is -0.493 e. The summed E-state index contributed by atoms with van der Waals surface area (Å²) in [6, 6.07) is 10.5. The Labute approximate surface area is 170 Å². The van der Waals surface area contributed by atoms with Crippen LogP contribution >= 0.6 is 11.6 Å². The van der Waals surface area contributed by atoms with Crippen LogP contribution in [-0.4, -0.2) is 40.7 Å². The molecule has 29 heavy (non-hydrogen) atoms. The summed E-state index contributed by atoms with van der Waals surface area (Å²) in [4.78, 5) is 47.5. The maximum atomic E-state index is 12.3. The Morgan fingerprint density at radius 1 is 1.17 bits per heavy atom. The average molecular weight is 418 g/mol. The fourth-order valence-electron chi connectivity index (χ4n) is 2.99. The van der Waals surface area contributed by atoms with E-state index in [1.54, 1.807) is 24.3 Å². The number of hydrogen-bond donors (Lipinski definition) is 1. The number of amides is 3. The summed E-state index contributed by atoms with van der Waals surface area (Å²) in [6.07, 6.45) is 0.334. The summed E-state index contributed by atoms with van der Waals surface area (Å²) in [5, 5.41) is 9.91. The highest BCUT2D eigenvalue weighted by atomic mass is 35.5. The van der Waals surface area contributed by atoms with Crippen LogP contribution in [0.3, 0.4) is 0 Å². The Balaban J connectivity index is 1.61. The first kappa shape index (κ1) is 20.3. The number of nitrogens with two attached hydrogens (primary N) is 1. The van der Waals surface area contributed by atoms with E-state index in [1.165, 1.54) is 12.1 Å². The smallest absolute Gasteiger partial charge is 0.278 e. The number of carbonyl (C=O) groups is 3. The summed E-state index contributed by atoms with van der Waals surface area (Å²) in [7, 11) is 0. The molecule has 150 valence electrons. The van der Waals surface area contributed by atoms with Gasteiger partial charge in [0.2, 0.25) is 5.91 Å². The number of halogens is 1. The second-order valence-electron chi connectivity index (χ2n) is 6.25. The van der Waals surface area contributed by atoms with Crippen molar-refractivity contribution >= 4 is 35.0 Å². The van der Waals surface area contributed by atoms with E-state index in [0.717, 1.165) is 11.0 Å². The van der Waals surface area contributed by atoms with Crippen molar-refractivity contribution in [3.63, 3.8) is 0 Å². The van der Waals surface area contributed by atoms with Crippen molar-refractivity contribution < 1.29 is 24.0 Å². The van der Waals surface area contributed by atoms with E-state index in [4.69, 9.17) is 22.1 Å². The highest BCUT2D eigenvalue weighted by Gasteiger charge is 2.34. The number of fused-ring (bicyclic) bond motifs is 1. The molecule has 3 amide bonds. The van der Waals surface area contributed by atoms with Gasteiger partial charge in [-0.15, -0.1) is 11.6 Å². The molecule has 0 saturated heterocycles. The van der Waals surface area contributed by atoms with Crippen LogP contribution in [0.25, 0.3) is 0 Å².